The van der Waals surface area contributed by atoms with E-state index in [4.69, 9.17) is 4.74 Å². The number of Topliss-reactive ketones (excluding diaryl/α,β-unsaturated/α-hetero) is 1. The van der Waals surface area contributed by atoms with Crippen LogP contribution in [-0.2, 0) is 14.3 Å². The summed E-state index contributed by atoms with van der Waals surface area (Å²) in [6.07, 6.45) is 6.82. The number of ether oxygens (including phenoxy) is 1. The van der Waals surface area contributed by atoms with E-state index in [1.165, 1.54) is 0 Å². The van der Waals surface area contributed by atoms with Crippen molar-refractivity contribution in [1.29, 1.82) is 0 Å². The Morgan fingerprint density at radius 2 is 2.00 bits per heavy atom. The fraction of sp³-hybridized carbons (Fsp3) is 0.778. The number of azo groups is 1. The Labute approximate surface area is 138 Å². The summed E-state index contributed by atoms with van der Waals surface area (Å²) in [4.78, 5) is 24.0. The van der Waals surface area contributed by atoms with Crippen molar-refractivity contribution in [2.24, 2.45) is 22.1 Å². The number of carbonyl (C=O) groups is 2. The zero-order valence-corrected chi connectivity index (χ0v) is 14.6. The van der Waals surface area contributed by atoms with Crippen molar-refractivity contribution in [2.45, 2.75) is 77.5 Å². The van der Waals surface area contributed by atoms with Crippen LogP contribution in [0.1, 0.15) is 59.8 Å². The minimum Gasteiger partial charge on any atom is -0.460 e. The highest BCUT2D eigenvalue weighted by molar-refractivity contribution is 5.78. The number of allylic oxidation sites excluding steroid dienone is 1. The molecule has 0 fully saturated rings. The van der Waals surface area contributed by atoms with E-state index in [2.05, 4.69) is 22.4 Å². The van der Waals surface area contributed by atoms with Crippen LogP contribution in [0.2, 0.25) is 0 Å². The molecule has 128 valence electrons. The quantitative estimate of drug-likeness (QED) is 0.573. The Bertz CT molecular complexity index is 508. The van der Waals surface area contributed by atoms with Crippen molar-refractivity contribution in [3.05, 3.63) is 12.2 Å². The topological polar surface area (TPSA) is 68.1 Å². The smallest absolute Gasteiger partial charge is 0.308 e. The highest BCUT2D eigenvalue weighted by Gasteiger charge is 2.37. The van der Waals surface area contributed by atoms with E-state index in [1.807, 2.05) is 27.7 Å². The van der Waals surface area contributed by atoms with Crippen molar-refractivity contribution in [1.82, 2.24) is 0 Å². The number of ketones is 1. The molecular weight excluding hydrogens is 292 g/mol. The number of rotatable bonds is 2. The summed E-state index contributed by atoms with van der Waals surface area (Å²) in [7, 11) is 0. The number of hydrogen-bond acceptors (Lipinski definition) is 5. The first-order valence-corrected chi connectivity index (χ1v) is 8.58. The summed E-state index contributed by atoms with van der Waals surface area (Å²) < 4.78 is 5.74. The average molecular weight is 320 g/mol. The molecule has 2 rings (SSSR count). The summed E-state index contributed by atoms with van der Waals surface area (Å²) >= 11 is 0. The van der Waals surface area contributed by atoms with Gasteiger partial charge in [-0.1, -0.05) is 26.0 Å². The first kappa shape index (κ1) is 17.8. The molecule has 0 N–H and O–H groups in total. The normalized spacial score (nSPS) is 33.3. The molecule has 23 heavy (non-hydrogen) atoms. The van der Waals surface area contributed by atoms with Crippen LogP contribution in [0.15, 0.2) is 22.4 Å². The lowest BCUT2D eigenvalue weighted by molar-refractivity contribution is -0.155. The molecule has 0 aromatic carbocycles. The number of nitrogens with zero attached hydrogens (tertiary/aromatic N) is 2. The zero-order chi connectivity index (χ0) is 17.0. The Morgan fingerprint density at radius 1 is 1.26 bits per heavy atom. The predicted octanol–water partition coefficient (Wildman–Crippen LogP) is 3.87. The third-order valence-electron chi connectivity index (χ3n) is 4.47. The minimum atomic E-state index is -0.543. The SMILES string of the molecule is CC(C)C1OC(=O)CC(C)(C)N=NC1C1/C=C\CCC(=O)CC1. The van der Waals surface area contributed by atoms with Crippen LogP contribution in [0.4, 0.5) is 0 Å². The van der Waals surface area contributed by atoms with Crippen molar-refractivity contribution < 1.29 is 14.3 Å². The van der Waals surface area contributed by atoms with E-state index < -0.39 is 5.54 Å². The Balaban J connectivity index is 2.31. The molecule has 3 atom stereocenters. The molecule has 0 spiro atoms. The lowest BCUT2D eigenvalue weighted by Crippen LogP contribution is -2.42. The lowest BCUT2D eigenvalue weighted by Gasteiger charge is -2.34. The van der Waals surface area contributed by atoms with Gasteiger partial charge in [0.2, 0.25) is 0 Å². The van der Waals surface area contributed by atoms with Crippen LogP contribution >= 0.6 is 0 Å². The van der Waals surface area contributed by atoms with Crippen LogP contribution in [0.25, 0.3) is 0 Å². The number of esters is 1. The molecule has 1 heterocycles. The van der Waals surface area contributed by atoms with Gasteiger partial charge in [-0.25, -0.2) is 0 Å². The Hall–Kier alpha value is -1.52. The van der Waals surface area contributed by atoms with Gasteiger partial charge in [0.1, 0.15) is 17.9 Å². The van der Waals surface area contributed by atoms with Crippen molar-refractivity contribution in [2.75, 3.05) is 0 Å². The largest absolute Gasteiger partial charge is 0.460 e. The van der Waals surface area contributed by atoms with Crippen LogP contribution in [0.3, 0.4) is 0 Å². The molecular formula is C18H28N2O3. The minimum absolute atomic E-state index is 0.0806. The highest BCUT2D eigenvalue weighted by atomic mass is 16.5. The van der Waals surface area contributed by atoms with E-state index in [0.717, 1.165) is 12.8 Å². The van der Waals surface area contributed by atoms with Gasteiger partial charge in [-0.15, -0.1) is 0 Å². The van der Waals surface area contributed by atoms with Crippen LogP contribution in [0.5, 0.6) is 0 Å². The van der Waals surface area contributed by atoms with Gasteiger partial charge in [0.15, 0.2) is 0 Å². The Kier molecular flexibility index (Phi) is 5.71. The number of cyclic esters (lactones) is 1. The third-order valence-corrected chi connectivity index (χ3v) is 4.47. The molecule has 0 saturated heterocycles. The van der Waals surface area contributed by atoms with Crippen LogP contribution in [-0.4, -0.2) is 29.4 Å². The summed E-state index contributed by atoms with van der Waals surface area (Å²) in [5, 5.41) is 9.01. The first-order chi connectivity index (χ1) is 10.8. The Morgan fingerprint density at radius 3 is 2.70 bits per heavy atom. The van der Waals surface area contributed by atoms with E-state index in [-0.39, 0.29) is 36.4 Å². The molecule has 2 aliphatic rings. The second-order valence-electron chi connectivity index (χ2n) is 7.60. The summed E-state index contributed by atoms with van der Waals surface area (Å²) in [6, 6.07) is -0.222. The summed E-state index contributed by atoms with van der Waals surface area (Å²) in [5.41, 5.74) is -0.543. The van der Waals surface area contributed by atoms with Crippen molar-refractivity contribution in [3.63, 3.8) is 0 Å². The van der Waals surface area contributed by atoms with Gasteiger partial charge in [-0.3, -0.25) is 9.59 Å². The van der Waals surface area contributed by atoms with Crippen molar-refractivity contribution >= 4 is 11.8 Å². The zero-order valence-electron chi connectivity index (χ0n) is 14.6. The highest BCUT2D eigenvalue weighted by Crippen LogP contribution is 2.31. The van der Waals surface area contributed by atoms with Gasteiger partial charge in [-0.2, -0.15) is 10.2 Å². The molecule has 0 radical (unpaired) electrons. The molecule has 0 bridgehead atoms. The standard InChI is InChI=1S/C18H28N2O3/c1-12(2)17-16(13-7-5-6-8-14(21)10-9-13)19-20-18(3,4)11-15(22)23-17/h5,7,12-13,16-17H,6,8-11H2,1-4H3/b7-5-,20-19?. The molecule has 0 aromatic rings. The molecule has 5 heteroatoms. The third kappa shape index (κ3) is 4.98. The van der Waals surface area contributed by atoms with Gasteiger partial charge in [0.05, 0.1) is 12.0 Å². The molecule has 0 amide bonds. The maximum absolute atomic E-state index is 12.2. The van der Waals surface area contributed by atoms with Crippen LogP contribution in [0, 0.1) is 11.8 Å². The van der Waals surface area contributed by atoms with Gasteiger partial charge in [-0.05, 0) is 32.6 Å². The summed E-state index contributed by atoms with van der Waals surface area (Å²) in [6.45, 7) is 7.85. The fourth-order valence-electron chi connectivity index (χ4n) is 3.15. The molecule has 0 aromatic heterocycles. The number of carbonyl (C=O) groups excluding carboxylic acids is 2. The molecule has 1 aliphatic carbocycles. The average Bonchev–Trinajstić information content (AvgIpc) is 2.41. The first-order valence-electron chi connectivity index (χ1n) is 8.58. The number of hydrogen-bond donors (Lipinski definition) is 0. The van der Waals surface area contributed by atoms with Gasteiger partial charge in [0, 0.05) is 18.8 Å². The molecule has 3 unspecified atom stereocenters. The lowest BCUT2D eigenvalue weighted by atomic mass is 9.84. The van der Waals surface area contributed by atoms with Gasteiger partial charge < -0.3 is 4.74 Å². The molecule has 0 saturated carbocycles. The maximum Gasteiger partial charge on any atom is 0.308 e. The second-order valence-corrected chi connectivity index (χ2v) is 7.60. The van der Waals surface area contributed by atoms with E-state index in [0.29, 0.717) is 18.6 Å². The molecule has 5 nitrogen and oxygen atoms in total. The van der Waals surface area contributed by atoms with E-state index in [9.17, 15) is 9.59 Å². The van der Waals surface area contributed by atoms with Gasteiger partial charge in [0.25, 0.3) is 0 Å². The van der Waals surface area contributed by atoms with Crippen LogP contribution < -0.4 is 0 Å². The molecule has 1 aliphatic heterocycles. The maximum atomic E-state index is 12.2. The second kappa shape index (κ2) is 7.37. The predicted molar refractivity (Wildman–Crippen MR) is 88.2 cm³/mol. The van der Waals surface area contributed by atoms with Gasteiger partial charge >= 0.3 is 5.97 Å². The monoisotopic (exact) mass is 320 g/mol. The van der Waals surface area contributed by atoms with Crippen molar-refractivity contribution in [3.8, 4) is 0 Å². The fourth-order valence-corrected chi connectivity index (χ4v) is 3.15. The van der Waals surface area contributed by atoms with E-state index >= 15 is 0 Å². The summed E-state index contributed by atoms with van der Waals surface area (Å²) in [5.74, 6) is 0.305. The van der Waals surface area contributed by atoms with E-state index in [1.54, 1.807) is 0 Å².